The highest BCUT2D eigenvalue weighted by Crippen LogP contribution is 2.12. The number of imide groups is 3. The normalized spacial score (nSPS) is 24.5. The summed E-state index contributed by atoms with van der Waals surface area (Å²) in [5.41, 5.74) is 0. The van der Waals surface area contributed by atoms with Crippen molar-refractivity contribution in [2.24, 2.45) is 0 Å². The van der Waals surface area contributed by atoms with E-state index in [9.17, 15) is 14.4 Å². The molecule has 1 aliphatic rings. The predicted molar refractivity (Wildman–Crippen MR) is 30.5 cm³/mol. The lowest BCUT2D eigenvalue weighted by Gasteiger charge is -2.04. The zero-order valence-corrected chi connectivity index (χ0v) is 5.35. The summed E-state index contributed by atoms with van der Waals surface area (Å²) in [5.74, 6) is -1.95. The SMILES string of the molecule is O=C(O)N1C(=O)CC(O)C1=O. The molecule has 0 aromatic heterocycles. The van der Waals surface area contributed by atoms with Gasteiger partial charge in [-0.15, -0.1) is 0 Å². The molecular formula is C5H5NO5. The Hall–Kier alpha value is -1.43. The molecule has 2 N–H and O–H groups in total. The van der Waals surface area contributed by atoms with E-state index in [1.165, 1.54) is 0 Å². The molecule has 0 aromatic carbocycles. The standard InChI is InChI=1S/C5H5NO5/c7-2-1-3(8)6(4(2)9)5(10)11/h2,7H,1H2,(H,10,11). The lowest BCUT2D eigenvalue weighted by atomic mass is 10.3. The van der Waals surface area contributed by atoms with Gasteiger partial charge in [0.1, 0.15) is 6.10 Å². The number of carbonyl (C=O) groups is 3. The number of likely N-dealkylation sites (tertiary alicyclic amines) is 1. The first-order valence-electron chi connectivity index (χ1n) is 2.82. The maximum Gasteiger partial charge on any atom is 0.421 e. The van der Waals surface area contributed by atoms with Gasteiger partial charge in [0, 0.05) is 0 Å². The maximum absolute atomic E-state index is 10.6. The van der Waals surface area contributed by atoms with Crippen LogP contribution in [0.15, 0.2) is 0 Å². The van der Waals surface area contributed by atoms with Gasteiger partial charge >= 0.3 is 6.09 Å². The summed E-state index contributed by atoms with van der Waals surface area (Å²) in [5, 5.41) is 17.0. The van der Waals surface area contributed by atoms with Gasteiger partial charge in [-0.2, -0.15) is 4.90 Å². The first-order chi connectivity index (χ1) is 5.04. The Morgan fingerprint density at radius 2 is 2.09 bits per heavy atom. The van der Waals surface area contributed by atoms with Crippen LogP contribution in [0.1, 0.15) is 6.42 Å². The molecule has 1 fully saturated rings. The fourth-order valence-corrected chi connectivity index (χ4v) is 0.817. The highest BCUT2D eigenvalue weighted by atomic mass is 16.4. The number of hydrogen-bond acceptors (Lipinski definition) is 4. The molecule has 1 aliphatic heterocycles. The van der Waals surface area contributed by atoms with E-state index >= 15 is 0 Å². The molecule has 3 amide bonds. The van der Waals surface area contributed by atoms with Crippen LogP contribution in [0.25, 0.3) is 0 Å². The minimum absolute atomic E-state index is 0.0185. The Balaban J connectivity index is 2.88. The molecule has 11 heavy (non-hydrogen) atoms. The summed E-state index contributed by atoms with van der Waals surface area (Å²) in [7, 11) is 0. The number of carbonyl (C=O) groups excluding carboxylic acids is 2. The van der Waals surface area contributed by atoms with Crippen molar-refractivity contribution in [1.82, 2.24) is 4.90 Å². The second kappa shape index (κ2) is 2.31. The van der Waals surface area contributed by atoms with Gasteiger partial charge in [0.25, 0.3) is 5.91 Å². The molecule has 1 heterocycles. The molecule has 6 heteroatoms. The molecule has 0 aromatic rings. The molecule has 0 aliphatic carbocycles. The van der Waals surface area contributed by atoms with Crippen molar-refractivity contribution in [2.45, 2.75) is 12.5 Å². The number of aliphatic hydroxyl groups excluding tert-OH is 1. The topological polar surface area (TPSA) is 94.9 Å². The fourth-order valence-electron chi connectivity index (χ4n) is 0.817. The molecule has 60 valence electrons. The van der Waals surface area contributed by atoms with Crippen molar-refractivity contribution < 1.29 is 24.6 Å². The third kappa shape index (κ3) is 1.07. The van der Waals surface area contributed by atoms with E-state index in [1.807, 2.05) is 0 Å². The lowest BCUT2D eigenvalue weighted by Crippen LogP contribution is -2.36. The zero-order valence-electron chi connectivity index (χ0n) is 5.35. The second-order valence-electron chi connectivity index (χ2n) is 2.07. The molecule has 0 spiro atoms. The van der Waals surface area contributed by atoms with Gasteiger partial charge in [-0.05, 0) is 0 Å². The first-order valence-corrected chi connectivity index (χ1v) is 2.82. The third-order valence-electron chi connectivity index (χ3n) is 1.31. The molecule has 0 radical (unpaired) electrons. The molecule has 1 saturated heterocycles. The van der Waals surface area contributed by atoms with Gasteiger partial charge in [-0.3, -0.25) is 9.59 Å². The monoisotopic (exact) mass is 159 g/mol. The highest BCUT2D eigenvalue weighted by Gasteiger charge is 2.41. The van der Waals surface area contributed by atoms with Gasteiger partial charge in [0.15, 0.2) is 0 Å². The van der Waals surface area contributed by atoms with Crippen LogP contribution in [0.2, 0.25) is 0 Å². The smallest absolute Gasteiger partial charge is 0.421 e. The summed E-state index contributed by atoms with van der Waals surface area (Å²) >= 11 is 0. The Kier molecular flexibility index (Phi) is 1.61. The Morgan fingerprint density at radius 1 is 1.55 bits per heavy atom. The average molecular weight is 159 g/mol. The molecular weight excluding hydrogens is 154 g/mol. The summed E-state index contributed by atoms with van der Waals surface area (Å²) < 4.78 is 0. The highest BCUT2D eigenvalue weighted by molar-refractivity contribution is 6.14. The number of rotatable bonds is 0. The van der Waals surface area contributed by atoms with Crippen molar-refractivity contribution in [3.63, 3.8) is 0 Å². The molecule has 6 nitrogen and oxygen atoms in total. The zero-order chi connectivity index (χ0) is 8.59. The van der Waals surface area contributed by atoms with E-state index in [-0.39, 0.29) is 4.90 Å². The van der Waals surface area contributed by atoms with Crippen LogP contribution in [-0.2, 0) is 9.59 Å². The van der Waals surface area contributed by atoms with E-state index in [1.54, 1.807) is 0 Å². The maximum atomic E-state index is 10.6. The summed E-state index contributed by atoms with van der Waals surface area (Å²) in [6.45, 7) is 0. The largest absolute Gasteiger partial charge is 0.464 e. The summed E-state index contributed by atoms with van der Waals surface area (Å²) in [6.07, 6.45) is -3.57. The van der Waals surface area contributed by atoms with E-state index < -0.39 is 30.4 Å². The second-order valence-corrected chi connectivity index (χ2v) is 2.07. The van der Waals surface area contributed by atoms with Crippen LogP contribution >= 0.6 is 0 Å². The van der Waals surface area contributed by atoms with Gasteiger partial charge in [0.2, 0.25) is 5.91 Å². The molecule has 0 saturated carbocycles. The quantitative estimate of drug-likeness (QED) is 0.432. The molecule has 1 unspecified atom stereocenters. The van der Waals surface area contributed by atoms with Crippen LogP contribution < -0.4 is 0 Å². The van der Waals surface area contributed by atoms with Gasteiger partial charge in [0.05, 0.1) is 6.42 Å². The number of carboxylic acid groups (broad SMARTS) is 1. The summed E-state index contributed by atoms with van der Waals surface area (Å²) in [4.78, 5) is 31.4. The van der Waals surface area contributed by atoms with Crippen LogP contribution in [0.5, 0.6) is 0 Å². The van der Waals surface area contributed by atoms with Crippen LogP contribution in [0.4, 0.5) is 4.79 Å². The Labute approximate surface area is 61.0 Å². The Morgan fingerprint density at radius 3 is 2.27 bits per heavy atom. The predicted octanol–water partition coefficient (Wildman–Crippen LogP) is -1.22. The van der Waals surface area contributed by atoms with E-state index in [0.717, 1.165) is 0 Å². The van der Waals surface area contributed by atoms with Gasteiger partial charge in [-0.1, -0.05) is 0 Å². The van der Waals surface area contributed by atoms with Crippen molar-refractivity contribution in [3.05, 3.63) is 0 Å². The lowest BCUT2D eigenvalue weighted by molar-refractivity contribution is -0.138. The van der Waals surface area contributed by atoms with E-state index in [2.05, 4.69) is 0 Å². The number of hydrogen-bond donors (Lipinski definition) is 2. The molecule has 1 rings (SSSR count). The number of nitrogens with zero attached hydrogens (tertiary/aromatic N) is 1. The minimum atomic E-state index is -1.64. The van der Waals surface area contributed by atoms with Crippen LogP contribution in [-0.4, -0.2) is 39.1 Å². The fraction of sp³-hybridized carbons (Fsp3) is 0.400. The van der Waals surface area contributed by atoms with Crippen molar-refractivity contribution in [2.75, 3.05) is 0 Å². The third-order valence-corrected chi connectivity index (χ3v) is 1.31. The number of aliphatic hydroxyl groups is 1. The molecule has 1 atom stereocenters. The first kappa shape index (κ1) is 7.67. The van der Waals surface area contributed by atoms with Crippen LogP contribution in [0.3, 0.4) is 0 Å². The summed E-state index contributed by atoms with van der Waals surface area (Å²) in [6, 6.07) is 0. The minimum Gasteiger partial charge on any atom is -0.464 e. The average Bonchev–Trinajstić information content (AvgIpc) is 2.07. The Bertz CT molecular complexity index is 235. The van der Waals surface area contributed by atoms with Crippen molar-refractivity contribution in [3.8, 4) is 0 Å². The van der Waals surface area contributed by atoms with Crippen molar-refractivity contribution in [1.29, 1.82) is 0 Å². The van der Waals surface area contributed by atoms with E-state index in [4.69, 9.17) is 10.2 Å². The van der Waals surface area contributed by atoms with Gasteiger partial charge in [-0.25, -0.2) is 4.79 Å². The van der Waals surface area contributed by atoms with Crippen molar-refractivity contribution >= 4 is 17.9 Å². The van der Waals surface area contributed by atoms with E-state index in [0.29, 0.717) is 0 Å². The number of amides is 3. The van der Waals surface area contributed by atoms with Crippen LogP contribution in [0, 0.1) is 0 Å². The van der Waals surface area contributed by atoms with Gasteiger partial charge < -0.3 is 10.2 Å². The molecule has 0 bridgehead atoms.